The normalized spacial score (nSPS) is 21.9. The van der Waals surface area contributed by atoms with Crippen molar-refractivity contribution in [1.82, 2.24) is 0 Å². The van der Waals surface area contributed by atoms with Gasteiger partial charge >= 0.3 is 0 Å². The molecule has 1 spiro atoms. The number of hydrogen-bond acceptors (Lipinski definition) is 0. The van der Waals surface area contributed by atoms with Crippen molar-refractivity contribution in [2.75, 3.05) is 0 Å². The predicted molar refractivity (Wildman–Crippen MR) is 261 cm³/mol. The van der Waals surface area contributed by atoms with Gasteiger partial charge in [0.1, 0.15) is 0 Å². The molecule has 0 N–H and O–H groups in total. The van der Waals surface area contributed by atoms with Crippen molar-refractivity contribution in [3.8, 4) is 55.6 Å². The van der Waals surface area contributed by atoms with E-state index in [2.05, 4.69) is 194 Å². The lowest BCUT2D eigenvalue weighted by atomic mass is 9.43. The van der Waals surface area contributed by atoms with Crippen LogP contribution in [0.5, 0.6) is 0 Å². The molecule has 10 aromatic rings. The summed E-state index contributed by atoms with van der Waals surface area (Å²) in [5.74, 6) is 3.29. The molecule has 0 atom stereocenters. The molecule has 10 aromatic carbocycles. The van der Waals surface area contributed by atoms with Crippen LogP contribution in [-0.4, -0.2) is 0 Å². The monoisotopic (exact) mass is 790 g/mol. The first-order valence-corrected chi connectivity index (χ1v) is 23.0. The van der Waals surface area contributed by atoms with Crippen LogP contribution in [0.15, 0.2) is 194 Å². The van der Waals surface area contributed by atoms with Gasteiger partial charge in [0.05, 0.1) is 0 Å². The van der Waals surface area contributed by atoms with E-state index >= 15 is 0 Å². The van der Waals surface area contributed by atoms with Crippen LogP contribution < -0.4 is 0 Å². The number of rotatable bonds is 4. The molecule has 5 aliphatic carbocycles. The summed E-state index contributed by atoms with van der Waals surface area (Å²) < 4.78 is 0. The topological polar surface area (TPSA) is 0 Å². The van der Waals surface area contributed by atoms with Crippen molar-refractivity contribution in [2.24, 2.45) is 23.7 Å². The van der Waals surface area contributed by atoms with E-state index in [9.17, 15) is 0 Å². The van der Waals surface area contributed by atoms with Crippen LogP contribution in [-0.2, 0) is 5.41 Å². The fourth-order valence-corrected chi connectivity index (χ4v) is 14.1. The Morgan fingerprint density at radius 3 is 1.50 bits per heavy atom. The van der Waals surface area contributed by atoms with Crippen LogP contribution in [0, 0.1) is 23.7 Å². The van der Waals surface area contributed by atoms with Crippen LogP contribution in [0.2, 0.25) is 0 Å². The molecule has 294 valence electrons. The first-order chi connectivity index (χ1) is 30.7. The van der Waals surface area contributed by atoms with Gasteiger partial charge in [0.25, 0.3) is 0 Å². The third kappa shape index (κ3) is 4.79. The molecule has 4 saturated carbocycles. The minimum atomic E-state index is 0.116. The molecule has 15 rings (SSSR count). The Hall–Kier alpha value is -6.76. The van der Waals surface area contributed by atoms with Crippen molar-refractivity contribution in [2.45, 2.75) is 37.5 Å². The van der Waals surface area contributed by atoms with E-state index in [1.807, 2.05) is 0 Å². The van der Waals surface area contributed by atoms with Crippen molar-refractivity contribution >= 4 is 43.1 Å². The van der Waals surface area contributed by atoms with Crippen LogP contribution in [0.3, 0.4) is 0 Å². The van der Waals surface area contributed by atoms with Crippen LogP contribution in [0.25, 0.3) is 98.7 Å². The maximum atomic E-state index is 2.59. The van der Waals surface area contributed by atoms with Gasteiger partial charge in [-0.25, -0.2) is 0 Å². The molecule has 0 nitrogen and oxygen atoms in total. The average Bonchev–Trinajstić information content (AvgIpc) is 3.63. The van der Waals surface area contributed by atoms with Crippen molar-refractivity contribution in [3.63, 3.8) is 0 Å². The van der Waals surface area contributed by atoms with Gasteiger partial charge in [-0.2, -0.15) is 0 Å². The maximum absolute atomic E-state index is 2.59. The predicted octanol–water partition coefficient (Wildman–Crippen LogP) is 16.7. The Morgan fingerprint density at radius 1 is 0.306 bits per heavy atom. The second-order valence-corrected chi connectivity index (χ2v) is 19.1. The molecule has 0 radical (unpaired) electrons. The molecule has 0 amide bonds. The van der Waals surface area contributed by atoms with Gasteiger partial charge < -0.3 is 0 Å². The van der Waals surface area contributed by atoms with E-state index in [0.717, 1.165) is 23.7 Å². The first kappa shape index (κ1) is 34.9. The molecule has 0 heterocycles. The Kier molecular flexibility index (Phi) is 7.39. The van der Waals surface area contributed by atoms with E-state index in [0.29, 0.717) is 0 Å². The van der Waals surface area contributed by atoms with Crippen molar-refractivity contribution in [3.05, 3.63) is 205 Å². The molecule has 0 aliphatic heterocycles. The fourth-order valence-electron chi connectivity index (χ4n) is 14.1. The quantitative estimate of drug-likeness (QED) is 0.156. The average molecular weight is 791 g/mol. The molecular weight excluding hydrogens is 745 g/mol. The van der Waals surface area contributed by atoms with Crippen molar-refractivity contribution < 1.29 is 0 Å². The molecule has 0 aromatic heterocycles. The Bertz CT molecular complexity index is 3410. The second-order valence-electron chi connectivity index (χ2n) is 19.1. The highest BCUT2D eigenvalue weighted by atomic mass is 14.6. The molecule has 4 bridgehead atoms. The number of fused-ring (bicyclic) bond motifs is 8. The van der Waals surface area contributed by atoms with E-state index in [1.165, 1.54) is 131 Å². The van der Waals surface area contributed by atoms with Gasteiger partial charge in [-0.1, -0.05) is 182 Å². The Morgan fingerprint density at radius 2 is 0.806 bits per heavy atom. The summed E-state index contributed by atoms with van der Waals surface area (Å²) in [6.45, 7) is 0. The summed E-state index contributed by atoms with van der Waals surface area (Å²) in [6, 6.07) is 74.0. The maximum Gasteiger partial charge on any atom is 0.0278 e. The minimum Gasteiger partial charge on any atom is -0.0619 e. The van der Waals surface area contributed by atoms with Gasteiger partial charge in [-0.15, -0.1) is 0 Å². The van der Waals surface area contributed by atoms with Gasteiger partial charge in [0.2, 0.25) is 0 Å². The molecule has 0 heteroatoms. The zero-order chi connectivity index (χ0) is 40.5. The highest BCUT2D eigenvalue weighted by Gasteiger charge is 2.62. The molecular formula is C62H46. The molecule has 0 saturated heterocycles. The third-order valence-electron chi connectivity index (χ3n) is 16.2. The summed E-state index contributed by atoms with van der Waals surface area (Å²) >= 11 is 0. The Balaban J connectivity index is 0.977. The zero-order valence-corrected chi connectivity index (χ0v) is 34.8. The Labute approximate surface area is 363 Å². The lowest BCUT2D eigenvalue weighted by molar-refractivity contribution is -0.0393. The second kappa shape index (κ2) is 13.1. The van der Waals surface area contributed by atoms with Crippen LogP contribution >= 0.6 is 0 Å². The lowest BCUT2D eigenvalue weighted by Crippen LogP contribution is -2.55. The smallest absolute Gasteiger partial charge is 0.0278 e. The SMILES string of the molecule is c1ccc(-c2ccccc2-c2c3ccccc3c(-c3ccc4ccccc4c3)c3ccccc23)c(-c2ccc3ccc4c(c3c2)C2(c3ccccc3-4)C3CC4CC(C3)CC2C4)c1. The largest absolute Gasteiger partial charge is 0.0619 e. The van der Waals surface area contributed by atoms with Gasteiger partial charge in [-0.05, 0) is 178 Å². The number of hydrogen-bond donors (Lipinski definition) is 0. The summed E-state index contributed by atoms with van der Waals surface area (Å²) in [5, 5.41) is 10.5. The summed E-state index contributed by atoms with van der Waals surface area (Å²) in [5.41, 5.74) is 16.6. The van der Waals surface area contributed by atoms with Gasteiger partial charge in [0, 0.05) is 5.41 Å². The summed E-state index contributed by atoms with van der Waals surface area (Å²) in [4.78, 5) is 0. The molecule has 0 unspecified atom stereocenters. The van der Waals surface area contributed by atoms with E-state index in [-0.39, 0.29) is 5.41 Å². The summed E-state index contributed by atoms with van der Waals surface area (Å²) in [7, 11) is 0. The third-order valence-corrected chi connectivity index (χ3v) is 16.2. The minimum absolute atomic E-state index is 0.116. The molecule has 5 aliphatic rings. The first-order valence-electron chi connectivity index (χ1n) is 23.0. The van der Waals surface area contributed by atoms with Gasteiger partial charge in [-0.3, -0.25) is 0 Å². The summed E-state index contributed by atoms with van der Waals surface area (Å²) in [6.07, 6.45) is 7.04. The fraction of sp³-hybridized carbons (Fsp3) is 0.161. The lowest BCUT2D eigenvalue weighted by Gasteiger charge is -2.61. The number of benzene rings is 10. The van der Waals surface area contributed by atoms with E-state index in [4.69, 9.17) is 0 Å². The van der Waals surface area contributed by atoms with Crippen LogP contribution in [0.1, 0.15) is 43.2 Å². The molecule has 62 heavy (non-hydrogen) atoms. The van der Waals surface area contributed by atoms with E-state index < -0.39 is 0 Å². The van der Waals surface area contributed by atoms with E-state index in [1.54, 1.807) is 11.1 Å². The highest BCUT2D eigenvalue weighted by molar-refractivity contribution is 6.23. The van der Waals surface area contributed by atoms with Crippen molar-refractivity contribution in [1.29, 1.82) is 0 Å². The standard InChI is InChI=1S/C62H46/c1-2-14-42-36-44(28-25-40(42)13-1)59-52-20-7-9-22-54(52)60(55-23-10-8-21-53(55)59)51-19-6-5-17-49(51)48-16-4-3-15-47(48)43-27-26-41-29-30-56-50-18-11-12-24-58(50)62(61(56)57(41)37-43)45-32-38-31-39(34-45)35-46(62)33-38/h1-30,36-39,45-46H,31-35H2. The zero-order valence-electron chi connectivity index (χ0n) is 34.8. The molecule has 4 fully saturated rings. The van der Waals surface area contributed by atoms with Gasteiger partial charge in [0.15, 0.2) is 0 Å². The van der Waals surface area contributed by atoms with Crippen LogP contribution in [0.4, 0.5) is 0 Å². The highest BCUT2D eigenvalue weighted by Crippen LogP contribution is 2.70.